The van der Waals surface area contributed by atoms with Gasteiger partial charge >= 0.3 is 5.97 Å². The second-order valence-corrected chi connectivity index (χ2v) is 9.73. The number of imide groups is 1. The summed E-state index contributed by atoms with van der Waals surface area (Å²) >= 11 is 1.46. The molecule has 0 aliphatic rings. The predicted molar refractivity (Wildman–Crippen MR) is 156 cm³/mol. The molecule has 5 rings (SSSR count). The Morgan fingerprint density at radius 1 is 0.750 bits per heavy atom. The van der Waals surface area contributed by atoms with Crippen molar-refractivity contribution < 1.29 is 19.1 Å². The molecule has 8 heteroatoms. The van der Waals surface area contributed by atoms with E-state index in [9.17, 15) is 19.2 Å². The average Bonchev–Trinajstić information content (AvgIpc) is 3.00. The Hall–Kier alpha value is -4.95. The molecule has 5 aromatic rings. The number of aryl methyl sites for hydroxylation is 1. The van der Waals surface area contributed by atoms with Crippen LogP contribution in [0.2, 0.25) is 0 Å². The molecule has 0 bridgehead atoms. The van der Waals surface area contributed by atoms with E-state index in [4.69, 9.17) is 4.74 Å². The molecule has 0 atom stereocenters. The summed E-state index contributed by atoms with van der Waals surface area (Å²) in [6.45, 7) is 0. The highest BCUT2D eigenvalue weighted by atomic mass is 32.2. The van der Waals surface area contributed by atoms with Gasteiger partial charge in [0.25, 0.3) is 17.4 Å². The molecule has 0 spiro atoms. The third-order valence-electron chi connectivity index (χ3n) is 6.41. The molecular weight excluding hydrogens is 524 g/mol. The third kappa shape index (κ3) is 5.04. The van der Waals surface area contributed by atoms with E-state index < -0.39 is 28.9 Å². The second-order valence-electron chi connectivity index (χ2n) is 8.85. The van der Waals surface area contributed by atoms with Crippen LogP contribution in [-0.2, 0) is 7.05 Å². The molecule has 0 saturated heterocycles. The molecule has 2 amide bonds. The number of para-hydroxylation sites is 1. The van der Waals surface area contributed by atoms with Crippen molar-refractivity contribution >= 4 is 46.1 Å². The van der Waals surface area contributed by atoms with Crippen molar-refractivity contribution in [3.8, 4) is 5.75 Å². The van der Waals surface area contributed by atoms with Crippen LogP contribution in [-0.4, -0.2) is 28.6 Å². The third-order valence-corrected chi connectivity index (χ3v) is 7.14. The summed E-state index contributed by atoms with van der Waals surface area (Å²) in [5.41, 5.74) is 0.108. The van der Waals surface area contributed by atoms with Crippen molar-refractivity contribution in [2.75, 3.05) is 11.2 Å². The summed E-state index contributed by atoms with van der Waals surface area (Å²) < 4.78 is 7.17. The van der Waals surface area contributed by atoms with Crippen LogP contribution in [0.5, 0.6) is 5.75 Å². The summed E-state index contributed by atoms with van der Waals surface area (Å²) in [5.74, 6) is -2.47. The largest absolute Gasteiger partial charge is 0.421 e. The minimum atomic E-state index is -0.909. The molecule has 198 valence electrons. The van der Waals surface area contributed by atoms with E-state index in [1.807, 2.05) is 12.3 Å². The average molecular weight is 549 g/mol. The quantitative estimate of drug-likeness (QED) is 0.148. The molecule has 0 fully saturated rings. The highest BCUT2D eigenvalue weighted by molar-refractivity contribution is 7.98. The highest BCUT2D eigenvalue weighted by Gasteiger charge is 2.33. The summed E-state index contributed by atoms with van der Waals surface area (Å²) in [4.78, 5) is 57.0. The van der Waals surface area contributed by atoms with Gasteiger partial charge in [0, 0.05) is 22.9 Å². The van der Waals surface area contributed by atoms with Gasteiger partial charge in [0.2, 0.25) is 0 Å². The van der Waals surface area contributed by atoms with Crippen LogP contribution >= 0.6 is 11.8 Å². The molecule has 0 saturated carbocycles. The van der Waals surface area contributed by atoms with Crippen molar-refractivity contribution in [1.82, 2.24) is 4.57 Å². The molecule has 0 aliphatic heterocycles. The Labute approximate surface area is 234 Å². The van der Waals surface area contributed by atoms with Gasteiger partial charge in [-0.2, -0.15) is 0 Å². The zero-order valence-electron chi connectivity index (χ0n) is 21.7. The molecule has 4 aromatic carbocycles. The van der Waals surface area contributed by atoms with Crippen LogP contribution in [0.1, 0.15) is 31.1 Å². The monoisotopic (exact) mass is 548 g/mol. The lowest BCUT2D eigenvalue weighted by molar-refractivity contribution is 0.0734. The van der Waals surface area contributed by atoms with Gasteiger partial charge in [0.05, 0.1) is 16.8 Å². The summed E-state index contributed by atoms with van der Waals surface area (Å²) in [6.07, 6.45) is 1.89. The van der Waals surface area contributed by atoms with E-state index in [1.165, 1.54) is 23.4 Å². The van der Waals surface area contributed by atoms with Crippen molar-refractivity contribution in [3.05, 3.63) is 136 Å². The fourth-order valence-corrected chi connectivity index (χ4v) is 4.81. The van der Waals surface area contributed by atoms with Crippen LogP contribution in [0.15, 0.2) is 119 Å². The van der Waals surface area contributed by atoms with E-state index in [2.05, 4.69) is 0 Å². The van der Waals surface area contributed by atoms with E-state index >= 15 is 0 Å². The Bertz CT molecular complexity index is 1790. The van der Waals surface area contributed by atoms with Gasteiger partial charge < -0.3 is 9.30 Å². The number of aromatic nitrogens is 1. The van der Waals surface area contributed by atoms with Gasteiger partial charge in [-0.15, -0.1) is 11.8 Å². The molecule has 0 aliphatic carbocycles. The van der Waals surface area contributed by atoms with Gasteiger partial charge in [-0.25, -0.2) is 9.69 Å². The zero-order chi connectivity index (χ0) is 28.2. The van der Waals surface area contributed by atoms with E-state index in [0.717, 1.165) is 9.80 Å². The fourth-order valence-electron chi connectivity index (χ4n) is 4.37. The second kappa shape index (κ2) is 11.4. The normalized spacial score (nSPS) is 10.8. The molecule has 0 unspecified atom stereocenters. The summed E-state index contributed by atoms with van der Waals surface area (Å²) in [5, 5.41) is 0.391. The minimum Gasteiger partial charge on any atom is -0.421 e. The lowest BCUT2D eigenvalue weighted by atomic mass is 10.1. The van der Waals surface area contributed by atoms with E-state index in [1.54, 1.807) is 103 Å². The van der Waals surface area contributed by atoms with Crippen LogP contribution < -0.4 is 15.2 Å². The fraction of sp³-hybridized carbons (Fsp3) is 0.0625. The number of nitrogens with zero attached hydrogens (tertiary/aromatic N) is 2. The molecule has 1 aromatic heterocycles. The number of anilines is 1. The van der Waals surface area contributed by atoms with E-state index in [-0.39, 0.29) is 22.6 Å². The summed E-state index contributed by atoms with van der Waals surface area (Å²) in [6, 6.07) is 30.3. The molecule has 1 heterocycles. The first-order valence-electron chi connectivity index (χ1n) is 12.4. The van der Waals surface area contributed by atoms with Crippen LogP contribution in [0.3, 0.4) is 0 Å². The Morgan fingerprint density at radius 2 is 1.32 bits per heavy atom. The topological polar surface area (TPSA) is 85.7 Å². The zero-order valence-corrected chi connectivity index (χ0v) is 22.6. The number of esters is 1. The number of hydrogen-bond acceptors (Lipinski definition) is 6. The number of amides is 2. The lowest BCUT2D eigenvalue weighted by Gasteiger charge is -2.23. The Morgan fingerprint density at radius 3 is 1.93 bits per heavy atom. The first-order valence-corrected chi connectivity index (χ1v) is 13.6. The Kier molecular flexibility index (Phi) is 7.61. The number of carbonyl (C=O) groups is 3. The van der Waals surface area contributed by atoms with Crippen molar-refractivity contribution in [3.63, 3.8) is 0 Å². The highest BCUT2D eigenvalue weighted by Crippen LogP contribution is 2.33. The number of benzene rings is 4. The number of pyridine rings is 1. The van der Waals surface area contributed by atoms with Crippen molar-refractivity contribution in [2.45, 2.75) is 4.90 Å². The first-order chi connectivity index (χ1) is 19.4. The molecule has 40 heavy (non-hydrogen) atoms. The van der Waals surface area contributed by atoms with Gasteiger partial charge in [0.15, 0.2) is 5.75 Å². The molecule has 0 radical (unpaired) electrons. The standard InChI is InChI=1S/C32H24N2O5S/c1-33-26-19-18-24(40-2)20-25(26)28(39-32(38)22-14-8-4-9-15-22)27(30(33)36)31(37)34(23-16-10-5-11-17-23)29(35)21-12-6-3-7-13-21/h3-20H,1-2H3. The molecular formula is C32H24N2O5S. The number of fused-ring (bicyclic) bond motifs is 1. The van der Waals surface area contributed by atoms with Gasteiger partial charge in [-0.05, 0) is 60.9 Å². The first kappa shape index (κ1) is 26.6. The lowest BCUT2D eigenvalue weighted by Crippen LogP contribution is -2.41. The van der Waals surface area contributed by atoms with Crippen molar-refractivity contribution in [2.24, 2.45) is 7.05 Å². The maximum atomic E-state index is 14.4. The number of rotatable bonds is 6. The van der Waals surface area contributed by atoms with Crippen LogP contribution in [0.4, 0.5) is 5.69 Å². The summed E-state index contributed by atoms with van der Waals surface area (Å²) in [7, 11) is 1.54. The molecule has 0 N–H and O–H groups in total. The number of hydrogen-bond donors (Lipinski definition) is 0. The maximum Gasteiger partial charge on any atom is 0.343 e. The van der Waals surface area contributed by atoms with Crippen LogP contribution in [0, 0.1) is 0 Å². The Balaban J connectivity index is 1.77. The van der Waals surface area contributed by atoms with Gasteiger partial charge in [-0.1, -0.05) is 54.6 Å². The number of thioether (sulfide) groups is 1. The maximum absolute atomic E-state index is 14.4. The van der Waals surface area contributed by atoms with Gasteiger partial charge in [-0.3, -0.25) is 14.4 Å². The van der Waals surface area contributed by atoms with Crippen LogP contribution in [0.25, 0.3) is 10.9 Å². The van der Waals surface area contributed by atoms with E-state index in [0.29, 0.717) is 10.9 Å². The molecule has 7 nitrogen and oxygen atoms in total. The minimum absolute atomic E-state index is 0.199. The predicted octanol–water partition coefficient (Wildman–Crippen LogP) is 5.97. The number of ether oxygens (including phenoxy) is 1. The van der Waals surface area contributed by atoms with Crippen molar-refractivity contribution in [1.29, 1.82) is 0 Å². The SMILES string of the molecule is CSc1ccc2c(c1)c(OC(=O)c1ccccc1)c(C(=O)N(C(=O)c1ccccc1)c1ccccc1)c(=O)n2C. The van der Waals surface area contributed by atoms with Gasteiger partial charge in [0.1, 0.15) is 5.56 Å². The smallest absolute Gasteiger partial charge is 0.343 e. The number of carbonyl (C=O) groups excluding carboxylic acids is 3.